The van der Waals surface area contributed by atoms with Gasteiger partial charge < -0.3 is 0 Å². The summed E-state index contributed by atoms with van der Waals surface area (Å²) in [5.74, 6) is -0.607. The average molecular weight is 257 g/mol. The molecule has 6 heteroatoms. The number of nitrogens with one attached hydrogen (secondary N) is 1. The Bertz CT molecular complexity index is 689. The molecule has 1 aromatic carbocycles. The van der Waals surface area contributed by atoms with Gasteiger partial charge in [-0.25, -0.2) is 0 Å². The molecule has 6 nitrogen and oxygen atoms in total. The molecule has 0 saturated carbocycles. The standard InChI is InChI=1S/C13H11N3O3/c17-7-8-2-1-3-10-9(8)6-14-16(10)11-4-5-12(18)15-13(11)19/h1-3,6-7,11H,4-5H2,(H,15,18,19). The van der Waals surface area contributed by atoms with Gasteiger partial charge in [0.2, 0.25) is 5.91 Å². The highest BCUT2D eigenvalue weighted by Gasteiger charge is 2.29. The van der Waals surface area contributed by atoms with E-state index in [1.54, 1.807) is 29.1 Å². The van der Waals surface area contributed by atoms with E-state index in [4.69, 9.17) is 0 Å². The molecule has 0 bridgehead atoms. The van der Waals surface area contributed by atoms with Crippen molar-refractivity contribution in [2.24, 2.45) is 0 Å². The van der Waals surface area contributed by atoms with Crippen LogP contribution in [0, 0.1) is 0 Å². The highest BCUT2D eigenvalue weighted by Crippen LogP contribution is 2.24. The van der Waals surface area contributed by atoms with Crippen molar-refractivity contribution in [2.45, 2.75) is 18.9 Å². The van der Waals surface area contributed by atoms with Crippen LogP contribution in [0.1, 0.15) is 29.2 Å². The lowest BCUT2D eigenvalue weighted by Gasteiger charge is -2.21. The van der Waals surface area contributed by atoms with Gasteiger partial charge in [0.1, 0.15) is 6.04 Å². The molecule has 3 rings (SSSR count). The quantitative estimate of drug-likeness (QED) is 0.638. The number of aromatic nitrogens is 2. The van der Waals surface area contributed by atoms with Crippen LogP contribution in [0.4, 0.5) is 0 Å². The minimum Gasteiger partial charge on any atom is -0.298 e. The first-order chi connectivity index (χ1) is 9.20. The summed E-state index contributed by atoms with van der Waals surface area (Å²) in [6.07, 6.45) is 3.06. The second kappa shape index (κ2) is 4.31. The largest absolute Gasteiger partial charge is 0.298 e. The predicted molar refractivity (Wildman–Crippen MR) is 66.5 cm³/mol. The maximum absolute atomic E-state index is 11.8. The Morgan fingerprint density at radius 1 is 1.37 bits per heavy atom. The lowest BCUT2D eigenvalue weighted by atomic mass is 10.1. The van der Waals surface area contributed by atoms with Crippen LogP contribution in [0.3, 0.4) is 0 Å². The topological polar surface area (TPSA) is 81.1 Å². The zero-order valence-corrected chi connectivity index (χ0v) is 10.00. The number of amides is 2. The summed E-state index contributed by atoms with van der Waals surface area (Å²) < 4.78 is 1.57. The van der Waals surface area contributed by atoms with Crippen LogP contribution >= 0.6 is 0 Å². The molecule has 1 N–H and O–H groups in total. The van der Waals surface area contributed by atoms with Gasteiger partial charge in [0, 0.05) is 17.4 Å². The summed E-state index contributed by atoms with van der Waals surface area (Å²) in [4.78, 5) is 33.9. The highest BCUT2D eigenvalue weighted by molar-refractivity contribution is 6.01. The van der Waals surface area contributed by atoms with E-state index in [0.29, 0.717) is 23.8 Å². The normalized spacial score (nSPS) is 19.5. The number of hydrogen-bond donors (Lipinski definition) is 1. The van der Waals surface area contributed by atoms with Crippen LogP contribution < -0.4 is 5.32 Å². The molecule has 1 saturated heterocycles. The third kappa shape index (κ3) is 1.81. The molecule has 1 aliphatic rings. The van der Waals surface area contributed by atoms with E-state index in [9.17, 15) is 14.4 Å². The molecule has 2 heterocycles. The molecule has 0 aliphatic carbocycles. The summed E-state index contributed by atoms with van der Waals surface area (Å²) in [6.45, 7) is 0. The first-order valence-corrected chi connectivity index (χ1v) is 5.96. The number of fused-ring (bicyclic) bond motifs is 1. The SMILES string of the molecule is O=Cc1cccc2c1cnn2C1CCC(=O)NC1=O. The smallest absolute Gasteiger partial charge is 0.251 e. The van der Waals surface area contributed by atoms with E-state index in [1.807, 2.05) is 0 Å². The number of carbonyl (C=O) groups excluding carboxylic acids is 3. The van der Waals surface area contributed by atoms with Crippen molar-refractivity contribution in [2.75, 3.05) is 0 Å². The van der Waals surface area contributed by atoms with E-state index in [1.165, 1.54) is 0 Å². The number of rotatable bonds is 2. The van der Waals surface area contributed by atoms with Crippen molar-refractivity contribution < 1.29 is 14.4 Å². The average Bonchev–Trinajstić information content (AvgIpc) is 2.82. The molecule has 1 unspecified atom stereocenters. The lowest BCUT2D eigenvalue weighted by Crippen LogP contribution is -2.42. The van der Waals surface area contributed by atoms with Gasteiger partial charge in [-0.1, -0.05) is 12.1 Å². The van der Waals surface area contributed by atoms with E-state index < -0.39 is 6.04 Å². The van der Waals surface area contributed by atoms with Crippen LogP contribution in [0.25, 0.3) is 10.9 Å². The highest BCUT2D eigenvalue weighted by atomic mass is 16.2. The number of carbonyl (C=O) groups is 3. The summed E-state index contributed by atoms with van der Waals surface area (Å²) in [6, 6.07) is 4.75. The van der Waals surface area contributed by atoms with Crippen molar-refractivity contribution in [1.29, 1.82) is 0 Å². The fraction of sp³-hybridized carbons (Fsp3) is 0.231. The first-order valence-electron chi connectivity index (χ1n) is 5.96. The van der Waals surface area contributed by atoms with Gasteiger partial charge in [0.15, 0.2) is 6.29 Å². The molecule has 0 radical (unpaired) electrons. The fourth-order valence-electron chi connectivity index (χ4n) is 2.36. The van der Waals surface area contributed by atoms with Crippen LogP contribution in [0.15, 0.2) is 24.4 Å². The Labute approximate surface area is 108 Å². The second-order valence-corrected chi connectivity index (χ2v) is 4.45. The number of aldehydes is 1. The van der Waals surface area contributed by atoms with E-state index in [-0.39, 0.29) is 11.8 Å². The molecular weight excluding hydrogens is 246 g/mol. The molecular formula is C13H11N3O3. The summed E-state index contributed by atoms with van der Waals surface area (Å²) >= 11 is 0. The Morgan fingerprint density at radius 2 is 2.21 bits per heavy atom. The maximum Gasteiger partial charge on any atom is 0.251 e. The van der Waals surface area contributed by atoms with Crippen LogP contribution in [-0.4, -0.2) is 27.9 Å². The van der Waals surface area contributed by atoms with Gasteiger partial charge in [-0.15, -0.1) is 0 Å². The molecule has 1 fully saturated rings. The monoisotopic (exact) mass is 257 g/mol. The molecule has 1 aliphatic heterocycles. The van der Waals surface area contributed by atoms with Crippen molar-refractivity contribution in [3.8, 4) is 0 Å². The van der Waals surface area contributed by atoms with Gasteiger partial charge in [-0.05, 0) is 12.5 Å². The van der Waals surface area contributed by atoms with Gasteiger partial charge >= 0.3 is 0 Å². The summed E-state index contributed by atoms with van der Waals surface area (Å²) in [5.41, 5.74) is 1.26. The van der Waals surface area contributed by atoms with Gasteiger partial charge in [-0.3, -0.25) is 24.4 Å². The number of benzene rings is 1. The van der Waals surface area contributed by atoms with E-state index in [2.05, 4.69) is 10.4 Å². The molecule has 0 spiro atoms. The zero-order valence-electron chi connectivity index (χ0n) is 10.00. The summed E-state index contributed by atoms with van der Waals surface area (Å²) in [5, 5.41) is 7.20. The Balaban J connectivity index is 2.09. The molecule has 96 valence electrons. The van der Waals surface area contributed by atoms with Crippen LogP contribution in [0.5, 0.6) is 0 Å². The molecule has 2 aromatic rings. The fourth-order valence-corrected chi connectivity index (χ4v) is 2.36. The number of nitrogens with zero attached hydrogens (tertiary/aromatic N) is 2. The minimum atomic E-state index is -0.503. The maximum atomic E-state index is 11.8. The Kier molecular flexibility index (Phi) is 2.63. The second-order valence-electron chi connectivity index (χ2n) is 4.45. The molecule has 2 amide bonds. The minimum absolute atomic E-state index is 0.258. The van der Waals surface area contributed by atoms with E-state index in [0.717, 1.165) is 11.8 Å². The zero-order chi connectivity index (χ0) is 13.4. The van der Waals surface area contributed by atoms with Crippen LogP contribution in [-0.2, 0) is 9.59 Å². The van der Waals surface area contributed by atoms with Gasteiger partial charge in [-0.2, -0.15) is 5.10 Å². The third-order valence-electron chi connectivity index (χ3n) is 3.31. The Morgan fingerprint density at radius 3 is 2.95 bits per heavy atom. The van der Waals surface area contributed by atoms with Crippen LogP contribution in [0.2, 0.25) is 0 Å². The first kappa shape index (κ1) is 11.6. The lowest BCUT2D eigenvalue weighted by molar-refractivity contribution is -0.135. The Hall–Kier alpha value is -2.50. The van der Waals surface area contributed by atoms with Gasteiger partial charge in [0.05, 0.1) is 11.7 Å². The number of imide groups is 1. The predicted octanol–water partition coefficient (Wildman–Crippen LogP) is 0.826. The van der Waals surface area contributed by atoms with Gasteiger partial charge in [0.25, 0.3) is 5.91 Å². The summed E-state index contributed by atoms with van der Waals surface area (Å²) in [7, 11) is 0. The number of hydrogen-bond acceptors (Lipinski definition) is 4. The molecule has 19 heavy (non-hydrogen) atoms. The number of piperidine rings is 1. The van der Waals surface area contributed by atoms with Crippen molar-refractivity contribution >= 4 is 29.0 Å². The van der Waals surface area contributed by atoms with Crippen molar-refractivity contribution in [1.82, 2.24) is 15.1 Å². The van der Waals surface area contributed by atoms with Crippen molar-refractivity contribution in [3.63, 3.8) is 0 Å². The van der Waals surface area contributed by atoms with E-state index >= 15 is 0 Å². The third-order valence-corrected chi connectivity index (χ3v) is 3.31. The molecule has 1 aromatic heterocycles. The van der Waals surface area contributed by atoms with Crippen molar-refractivity contribution in [3.05, 3.63) is 30.0 Å². The molecule has 1 atom stereocenters.